The van der Waals surface area contributed by atoms with Gasteiger partial charge in [0, 0.05) is 47.5 Å². The van der Waals surface area contributed by atoms with Gasteiger partial charge in [-0.1, -0.05) is 76.9 Å². The van der Waals surface area contributed by atoms with Crippen LogP contribution in [0.1, 0.15) is 105 Å². The van der Waals surface area contributed by atoms with Crippen LogP contribution in [0.2, 0.25) is 0 Å². The van der Waals surface area contributed by atoms with Crippen molar-refractivity contribution in [3.05, 3.63) is 81.5 Å². The summed E-state index contributed by atoms with van der Waals surface area (Å²) >= 11 is 2.03. The number of benzene rings is 2. The van der Waals surface area contributed by atoms with Crippen LogP contribution in [-0.4, -0.2) is 59.4 Å². The average Bonchev–Trinajstić information content (AvgIpc) is 3.51. The molecule has 1 aromatic heterocycles. The van der Waals surface area contributed by atoms with Crippen molar-refractivity contribution in [2.24, 2.45) is 11.8 Å². The number of carbonyl (C=O) groups excluding carboxylic acids is 1. The number of unbranched alkanes of at least 4 members (excludes halogenated alkanes) is 2. The van der Waals surface area contributed by atoms with Crippen molar-refractivity contribution in [2.75, 3.05) is 32.7 Å². The second-order valence-electron chi connectivity index (χ2n) is 14.2. The molecule has 45 heavy (non-hydrogen) atoms. The summed E-state index contributed by atoms with van der Waals surface area (Å²) in [6.07, 6.45) is 11.2. The fourth-order valence-electron chi connectivity index (χ4n) is 6.89. The van der Waals surface area contributed by atoms with E-state index in [1.807, 2.05) is 28.4 Å². The molecule has 2 aliphatic rings. The van der Waals surface area contributed by atoms with E-state index in [0.29, 0.717) is 6.04 Å². The number of amides is 1. The van der Waals surface area contributed by atoms with Gasteiger partial charge in [0.15, 0.2) is 0 Å². The Balaban J connectivity index is 1.22. The van der Waals surface area contributed by atoms with Gasteiger partial charge >= 0.3 is 0 Å². The van der Waals surface area contributed by atoms with Crippen LogP contribution in [0, 0.1) is 11.8 Å². The first-order valence-corrected chi connectivity index (χ1v) is 18.7. The van der Waals surface area contributed by atoms with Gasteiger partial charge in [-0.15, -0.1) is 11.3 Å². The van der Waals surface area contributed by atoms with Gasteiger partial charge < -0.3 is 9.80 Å². The van der Waals surface area contributed by atoms with E-state index in [0.717, 1.165) is 56.4 Å². The number of rotatable bonds is 14. The predicted octanol–water partition coefficient (Wildman–Crippen LogP) is 9.53. The number of thiophene rings is 1. The maximum Gasteiger partial charge on any atom is 0.253 e. The second-order valence-corrected chi connectivity index (χ2v) is 15.5. The number of likely N-dealkylation sites (tertiary alicyclic amines) is 2. The summed E-state index contributed by atoms with van der Waals surface area (Å²) in [5.74, 6) is 1.67. The first-order chi connectivity index (χ1) is 21.9. The molecule has 1 amide bonds. The van der Waals surface area contributed by atoms with Gasteiger partial charge in [0.05, 0.1) is 0 Å². The first-order valence-electron chi connectivity index (χ1n) is 17.9. The van der Waals surface area contributed by atoms with Crippen LogP contribution >= 0.6 is 11.3 Å². The molecule has 244 valence electrons. The lowest BCUT2D eigenvalue weighted by Crippen LogP contribution is -2.44. The van der Waals surface area contributed by atoms with E-state index in [1.54, 1.807) is 4.88 Å². The summed E-state index contributed by atoms with van der Waals surface area (Å²) in [7, 11) is 0. The normalized spacial score (nSPS) is 17.1. The SMILES string of the molecule is CCCCCc1ccc(CN(Cc2ccc(-c3ccc(C(=O)N4CCC(C)CC4)cc3)cc2)C2CCN(CCC(C)C)CC2)s1. The van der Waals surface area contributed by atoms with Gasteiger partial charge in [-0.05, 0) is 117 Å². The van der Waals surface area contributed by atoms with Gasteiger partial charge in [-0.2, -0.15) is 0 Å². The molecule has 0 radical (unpaired) electrons. The van der Waals surface area contributed by atoms with Gasteiger partial charge in [0.25, 0.3) is 5.91 Å². The quantitative estimate of drug-likeness (QED) is 0.167. The minimum absolute atomic E-state index is 0.175. The van der Waals surface area contributed by atoms with Crippen molar-refractivity contribution in [1.29, 1.82) is 0 Å². The Morgan fingerprint density at radius 1 is 0.822 bits per heavy atom. The molecule has 3 heterocycles. The minimum Gasteiger partial charge on any atom is -0.339 e. The van der Waals surface area contributed by atoms with Crippen molar-refractivity contribution < 1.29 is 4.79 Å². The Kier molecular flexibility index (Phi) is 12.7. The summed E-state index contributed by atoms with van der Waals surface area (Å²) in [4.78, 5) is 23.5. The summed E-state index contributed by atoms with van der Waals surface area (Å²) in [5.41, 5.74) is 4.57. The third kappa shape index (κ3) is 10.0. The van der Waals surface area contributed by atoms with E-state index < -0.39 is 0 Å². The molecule has 2 saturated heterocycles. The molecule has 0 bridgehead atoms. The number of nitrogens with zero attached hydrogens (tertiary/aromatic N) is 3. The lowest BCUT2D eigenvalue weighted by molar-refractivity contribution is 0.0697. The highest BCUT2D eigenvalue weighted by Crippen LogP contribution is 2.28. The molecular formula is C40H57N3OS. The summed E-state index contributed by atoms with van der Waals surface area (Å²) in [6.45, 7) is 16.7. The van der Waals surface area contributed by atoms with E-state index >= 15 is 0 Å². The Morgan fingerprint density at radius 2 is 1.47 bits per heavy atom. The van der Waals surface area contributed by atoms with Gasteiger partial charge in [0.1, 0.15) is 0 Å². The smallest absolute Gasteiger partial charge is 0.253 e. The largest absolute Gasteiger partial charge is 0.339 e. The van der Waals surface area contributed by atoms with E-state index in [1.165, 1.54) is 86.1 Å². The van der Waals surface area contributed by atoms with Gasteiger partial charge in [-0.3, -0.25) is 9.69 Å². The molecule has 2 fully saturated rings. The third-order valence-electron chi connectivity index (χ3n) is 10.1. The van der Waals surface area contributed by atoms with Gasteiger partial charge in [-0.25, -0.2) is 0 Å². The molecule has 4 nitrogen and oxygen atoms in total. The third-order valence-corrected chi connectivity index (χ3v) is 11.2. The topological polar surface area (TPSA) is 26.8 Å². The average molecular weight is 628 g/mol. The number of hydrogen-bond donors (Lipinski definition) is 0. The van der Waals surface area contributed by atoms with Gasteiger partial charge in [0.2, 0.25) is 0 Å². The fraction of sp³-hybridized carbons (Fsp3) is 0.575. The van der Waals surface area contributed by atoms with Crippen LogP contribution < -0.4 is 0 Å². The van der Waals surface area contributed by atoms with Crippen LogP contribution in [0.4, 0.5) is 0 Å². The molecule has 0 N–H and O–H groups in total. The van der Waals surface area contributed by atoms with Crippen molar-refractivity contribution >= 4 is 17.2 Å². The second kappa shape index (κ2) is 16.9. The van der Waals surface area contributed by atoms with Crippen molar-refractivity contribution in [3.8, 4) is 11.1 Å². The molecule has 0 saturated carbocycles. The molecule has 0 unspecified atom stereocenters. The van der Waals surface area contributed by atoms with Crippen LogP contribution in [0.25, 0.3) is 11.1 Å². The zero-order valence-electron chi connectivity index (χ0n) is 28.5. The van der Waals surface area contributed by atoms with E-state index in [-0.39, 0.29) is 5.91 Å². The van der Waals surface area contributed by atoms with Crippen LogP contribution in [0.3, 0.4) is 0 Å². The number of aryl methyl sites for hydroxylation is 1. The zero-order valence-corrected chi connectivity index (χ0v) is 29.3. The van der Waals surface area contributed by atoms with E-state index in [9.17, 15) is 4.79 Å². The molecular weight excluding hydrogens is 571 g/mol. The molecule has 0 spiro atoms. The maximum atomic E-state index is 13.0. The Morgan fingerprint density at radius 3 is 2.11 bits per heavy atom. The van der Waals surface area contributed by atoms with Crippen LogP contribution in [-0.2, 0) is 19.5 Å². The fourth-order valence-corrected chi connectivity index (χ4v) is 7.98. The summed E-state index contributed by atoms with van der Waals surface area (Å²) in [6, 6.07) is 22.8. The number of piperidine rings is 2. The maximum absolute atomic E-state index is 13.0. The summed E-state index contributed by atoms with van der Waals surface area (Å²) < 4.78 is 0. The monoisotopic (exact) mass is 627 g/mol. The van der Waals surface area contributed by atoms with Crippen molar-refractivity contribution in [1.82, 2.24) is 14.7 Å². The molecule has 5 rings (SSSR count). The zero-order chi connectivity index (χ0) is 31.6. The van der Waals surface area contributed by atoms with Crippen LogP contribution in [0.15, 0.2) is 60.7 Å². The highest BCUT2D eigenvalue weighted by molar-refractivity contribution is 7.11. The number of carbonyl (C=O) groups is 1. The van der Waals surface area contributed by atoms with Crippen molar-refractivity contribution in [2.45, 2.75) is 105 Å². The molecule has 2 aromatic carbocycles. The van der Waals surface area contributed by atoms with E-state index in [4.69, 9.17) is 0 Å². The number of hydrogen-bond acceptors (Lipinski definition) is 4. The highest BCUT2D eigenvalue weighted by atomic mass is 32.1. The molecule has 2 aliphatic heterocycles. The van der Waals surface area contributed by atoms with Crippen molar-refractivity contribution in [3.63, 3.8) is 0 Å². The standard InChI is InChI=1S/C40H57N3OS/c1-5-6-7-8-38-17-18-39(45-38)30-43(37-22-25-41(26-23-37)24-19-31(2)3)29-33-9-11-34(12-10-33)35-13-15-36(16-14-35)40(44)42-27-20-32(4)21-28-42/h9-18,31-32,37H,5-8,19-30H2,1-4H3. The van der Waals surface area contributed by atoms with E-state index in [2.05, 4.69) is 86.0 Å². The molecule has 3 aromatic rings. The molecule has 0 aliphatic carbocycles. The minimum atomic E-state index is 0.175. The Labute approximate surface area is 277 Å². The molecule has 5 heteroatoms. The lowest BCUT2D eigenvalue weighted by Gasteiger charge is -2.38. The first kappa shape index (κ1) is 33.9. The Bertz CT molecular complexity index is 1300. The van der Waals surface area contributed by atoms with Crippen LogP contribution in [0.5, 0.6) is 0 Å². The lowest BCUT2D eigenvalue weighted by atomic mass is 9.98. The highest BCUT2D eigenvalue weighted by Gasteiger charge is 2.26. The Hall–Kier alpha value is -2.47. The predicted molar refractivity (Wildman–Crippen MR) is 192 cm³/mol. The summed E-state index contributed by atoms with van der Waals surface area (Å²) in [5, 5.41) is 0. The molecule has 0 atom stereocenters.